The second-order valence-corrected chi connectivity index (χ2v) is 9.94. The largest absolute Gasteiger partial charge is 0.497 e. The summed E-state index contributed by atoms with van der Waals surface area (Å²) < 4.78 is 69.2. The molecule has 0 saturated carbocycles. The molecule has 5 rings (SSSR count). The number of aromatic nitrogens is 3. The molecule has 3 N–H and O–H groups in total. The predicted molar refractivity (Wildman–Crippen MR) is 143 cm³/mol. The van der Waals surface area contributed by atoms with E-state index in [2.05, 4.69) is 15.4 Å². The number of hydrogen-bond donors (Lipinski definition) is 2. The van der Waals surface area contributed by atoms with Crippen molar-refractivity contribution < 1.29 is 36.6 Å². The van der Waals surface area contributed by atoms with Crippen LogP contribution in [-0.4, -0.2) is 53.0 Å². The molecule has 0 aliphatic carbocycles. The Bertz CT molecular complexity index is 1650. The van der Waals surface area contributed by atoms with Crippen molar-refractivity contribution in [2.75, 3.05) is 20.3 Å². The monoisotopic (exact) mass is 583 g/mol. The van der Waals surface area contributed by atoms with Crippen LogP contribution in [-0.2, 0) is 10.2 Å². The first-order valence-corrected chi connectivity index (χ1v) is 12.7. The Morgan fingerprint density at radius 3 is 2.60 bits per heavy atom. The number of carbonyl (C=O) groups excluding carboxylic acids is 2. The van der Waals surface area contributed by atoms with Crippen LogP contribution in [0.15, 0.2) is 67.0 Å². The van der Waals surface area contributed by atoms with Crippen molar-refractivity contribution in [3.05, 3.63) is 89.6 Å². The minimum Gasteiger partial charge on any atom is -0.497 e. The van der Waals surface area contributed by atoms with Gasteiger partial charge in [-0.1, -0.05) is 6.07 Å². The van der Waals surface area contributed by atoms with Gasteiger partial charge in [-0.25, -0.2) is 14.1 Å². The number of nitrogens with two attached hydrogens (primary N) is 1. The Kier molecular flexibility index (Phi) is 7.35. The van der Waals surface area contributed by atoms with Gasteiger partial charge in [-0.3, -0.25) is 9.59 Å². The SMILES string of the molecule is COc1cccc(-n2cc(C(=O)NCC(c3cc4c(c(-c5ccc(F)cc5)n3)OC[C@]4(C)C(N)=O)C(F)(F)F)cn2)c1. The minimum atomic E-state index is -4.85. The van der Waals surface area contributed by atoms with E-state index >= 15 is 0 Å². The van der Waals surface area contributed by atoms with Gasteiger partial charge in [-0.2, -0.15) is 18.3 Å². The third-order valence-corrected chi connectivity index (χ3v) is 7.14. The van der Waals surface area contributed by atoms with Gasteiger partial charge in [0.1, 0.15) is 40.9 Å². The molecule has 2 aromatic heterocycles. The van der Waals surface area contributed by atoms with E-state index in [-0.39, 0.29) is 34.7 Å². The molecule has 0 spiro atoms. The third-order valence-electron chi connectivity index (χ3n) is 7.14. The molecule has 2 aromatic carbocycles. The molecule has 0 saturated heterocycles. The van der Waals surface area contributed by atoms with Gasteiger partial charge in [0.2, 0.25) is 5.91 Å². The molecule has 13 heteroatoms. The number of benzene rings is 2. The van der Waals surface area contributed by atoms with E-state index in [1.807, 2.05) is 0 Å². The molecule has 0 radical (unpaired) electrons. The smallest absolute Gasteiger partial charge is 0.398 e. The number of alkyl halides is 3. The number of amides is 2. The van der Waals surface area contributed by atoms with Crippen molar-refractivity contribution in [1.29, 1.82) is 0 Å². The fraction of sp³-hybridized carbons (Fsp3) is 0.241. The number of hydrogen-bond acceptors (Lipinski definition) is 6. The van der Waals surface area contributed by atoms with E-state index in [1.165, 1.54) is 43.2 Å². The summed E-state index contributed by atoms with van der Waals surface area (Å²) in [7, 11) is 1.50. The minimum absolute atomic E-state index is 0.00684. The normalized spacial score (nSPS) is 16.8. The number of pyridine rings is 1. The molecule has 9 nitrogen and oxygen atoms in total. The summed E-state index contributed by atoms with van der Waals surface area (Å²) in [5.74, 6) is -3.77. The first kappa shape index (κ1) is 28.6. The lowest BCUT2D eigenvalue weighted by molar-refractivity contribution is -0.149. The topological polar surface area (TPSA) is 121 Å². The first-order valence-electron chi connectivity index (χ1n) is 12.7. The number of rotatable bonds is 8. The second kappa shape index (κ2) is 10.8. The number of nitrogens with one attached hydrogen (secondary N) is 1. The van der Waals surface area contributed by atoms with Gasteiger partial charge in [-0.15, -0.1) is 0 Å². The lowest BCUT2D eigenvalue weighted by atomic mass is 9.82. The van der Waals surface area contributed by atoms with Gasteiger partial charge < -0.3 is 20.5 Å². The highest BCUT2D eigenvalue weighted by Crippen LogP contribution is 2.46. The maximum Gasteiger partial charge on any atom is 0.398 e. The Morgan fingerprint density at radius 1 is 1.19 bits per heavy atom. The van der Waals surface area contributed by atoms with Gasteiger partial charge in [0.25, 0.3) is 5.91 Å². The fourth-order valence-electron chi connectivity index (χ4n) is 4.61. The molecule has 0 fully saturated rings. The number of halogens is 4. The number of fused-ring (bicyclic) bond motifs is 1. The summed E-state index contributed by atoms with van der Waals surface area (Å²) in [6.45, 7) is 0.390. The maximum absolute atomic E-state index is 14.5. The van der Waals surface area contributed by atoms with Gasteiger partial charge in [0.05, 0.1) is 30.3 Å². The average molecular weight is 584 g/mol. The summed E-state index contributed by atoms with van der Waals surface area (Å²) in [4.78, 5) is 29.5. The van der Waals surface area contributed by atoms with Gasteiger partial charge in [0, 0.05) is 29.9 Å². The zero-order valence-electron chi connectivity index (χ0n) is 22.4. The highest BCUT2D eigenvalue weighted by atomic mass is 19.4. The van der Waals surface area contributed by atoms with Crippen LogP contribution in [0, 0.1) is 5.82 Å². The summed E-state index contributed by atoms with van der Waals surface area (Å²) in [6.07, 6.45) is -2.24. The van der Waals surface area contributed by atoms with Crippen LogP contribution in [0.1, 0.15) is 34.5 Å². The van der Waals surface area contributed by atoms with Gasteiger partial charge >= 0.3 is 6.18 Å². The molecular formula is C29H25F4N5O4. The standard InChI is InChI=1S/C29H25F4N5O4/c1-28(27(34)40)15-42-25-21(28)11-23(37-24(25)16-6-8-18(30)9-7-16)22(29(31,32)33)13-35-26(39)17-12-36-38(14-17)19-4-3-5-20(10-19)41-2/h3-12,14,22H,13,15H2,1-2H3,(H2,34,40)(H,35,39)/t22?,28-/m0/s1. The molecule has 3 heterocycles. The summed E-state index contributed by atoms with van der Waals surface area (Å²) in [5.41, 5.74) is 4.71. The maximum atomic E-state index is 14.5. The Labute approximate surface area is 237 Å². The van der Waals surface area contributed by atoms with E-state index in [4.69, 9.17) is 15.2 Å². The van der Waals surface area contributed by atoms with E-state index < -0.39 is 47.4 Å². The molecule has 0 bridgehead atoms. The van der Waals surface area contributed by atoms with Crippen LogP contribution in [0.4, 0.5) is 17.6 Å². The number of ether oxygens (including phenoxy) is 2. The van der Waals surface area contributed by atoms with E-state index in [1.54, 1.807) is 24.3 Å². The van der Waals surface area contributed by atoms with Crippen LogP contribution in [0.2, 0.25) is 0 Å². The number of methoxy groups -OCH3 is 1. The highest BCUT2D eigenvalue weighted by Gasteiger charge is 2.47. The van der Waals surface area contributed by atoms with Crippen molar-refractivity contribution in [3.63, 3.8) is 0 Å². The molecule has 4 aromatic rings. The number of carbonyl (C=O) groups is 2. The fourth-order valence-corrected chi connectivity index (χ4v) is 4.61. The molecule has 42 heavy (non-hydrogen) atoms. The second-order valence-electron chi connectivity index (χ2n) is 9.94. The zero-order valence-corrected chi connectivity index (χ0v) is 22.4. The third kappa shape index (κ3) is 5.37. The van der Waals surface area contributed by atoms with E-state index in [9.17, 15) is 27.2 Å². The van der Waals surface area contributed by atoms with Crippen LogP contribution in [0.5, 0.6) is 11.5 Å². The quantitative estimate of drug-likeness (QED) is 0.299. The van der Waals surface area contributed by atoms with Crippen LogP contribution in [0.3, 0.4) is 0 Å². The highest BCUT2D eigenvalue weighted by molar-refractivity contribution is 5.94. The molecular weight excluding hydrogens is 558 g/mol. The summed E-state index contributed by atoms with van der Waals surface area (Å²) in [5, 5.41) is 6.44. The van der Waals surface area contributed by atoms with Crippen molar-refractivity contribution in [2.24, 2.45) is 5.73 Å². The predicted octanol–water partition coefficient (Wildman–Crippen LogP) is 4.29. The Balaban J connectivity index is 1.47. The van der Waals surface area contributed by atoms with Gasteiger partial charge in [0.15, 0.2) is 0 Å². The van der Waals surface area contributed by atoms with Crippen LogP contribution < -0.4 is 20.5 Å². The van der Waals surface area contributed by atoms with Crippen LogP contribution >= 0.6 is 0 Å². The number of nitrogens with zero attached hydrogens (tertiary/aromatic N) is 3. The van der Waals surface area contributed by atoms with Crippen molar-refractivity contribution in [3.8, 4) is 28.4 Å². The Morgan fingerprint density at radius 2 is 1.93 bits per heavy atom. The van der Waals surface area contributed by atoms with Crippen molar-refractivity contribution >= 4 is 11.8 Å². The summed E-state index contributed by atoms with van der Waals surface area (Å²) in [6, 6.07) is 12.9. The molecule has 1 aliphatic heterocycles. The molecule has 2 amide bonds. The van der Waals surface area contributed by atoms with E-state index in [0.29, 0.717) is 11.4 Å². The molecule has 1 unspecified atom stereocenters. The lowest BCUT2D eigenvalue weighted by Gasteiger charge is -2.24. The Hall–Kier alpha value is -4.94. The lowest BCUT2D eigenvalue weighted by Crippen LogP contribution is -2.40. The molecule has 1 aliphatic rings. The van der Waals surface area contributed by atoms with E-state index in [0.717, 1.165) is 18.2 Å². The van der Waals surface area contributed by atoms with Gasteiger partial charge in [-0.05, 0) is 49.4 Å². The van der Waals surface area contributed by atoms with Crippen molar-refractivity contribution in [2.45, 2.75) is 24.4 Å². The van der Waals surface area contributed by atoms with Crippen molar-refractivity contribution in [1.82, 2.24) is 20.1 Å². The number of primary amides is 1. The first-order chi connectivity index (χ1) is 19.9. The summed E-state index contributed by atoms with van der Waals surface area (Å²) >= 11 is 0. The molecule has 2 atom stereocenters. The zero-order chi connectivity index (χ0) is 30.2. The molecule has 218 valence electrons. The average Bonchev–Trinajstić information content (AvgIpc) is 3.59. The van der Waals surface area contributed by atoms with Crippen LogP contribution in [0.25, 0.3) is 16.9 Å².